The van der Waals surface area contributed by atoms with Crippen molar-refractivity contribution in [2.75, 3.05) is 13.1 Å². The number of morpholine rings is 1. The summed E-state index contributed by atoms with van der Waals surface area (Å²) in [4.78, 5) is 14.4. The second-order valence-electron chi connectivity index (χ2n) is 5.29. The van der Waals surface area contributed by atoms with Gasteiger partial charge in [0.1, 0.15) is 0 Å². The number of ether oxygens (including phenoxy) is 1. The fourth-order valence-corrected chi connectivity index (χ4v) is 2.57. The summed E-state index contributed by atoms with van der Waals surface area (Å²) in [5, 5.41) is 0. The first-order chi connectivity index (χ1) is 8.47. The number of hydrogen-bond donors (Lipinski definition) is 0. The third kappa shape index (κ3) is 2.72. The zero-order valence-corrected chi connectivity index (χ0v) is 11.6. The number of amides is 1. The van der Waals surface area contributed by atoms with E-state index >= 15 is 0 Å². The Hall–Kier alpha value is -1.35. The summed E-state index contributed by atoms with van der Waals surface area (Å²) >= 11 is 0. The molecule has 0 aromatic heterocycles. The first kappa shape index (κ1) is 13.1. The van der Waals surface area contributed by atoms with Crippen LogP contribution in [0.1, 0.15) is 35.3 Å². The smallest absolute Gasteiger partial charge is 0.254 e. The van der Waals surface area contributed by atoms with Crippen LogP contribution in [-0.4, -0.2) is 36.1 Å². The van der Waals surface area contributed by atoms with Crippen molar-refractivity contribution in [1.29, 1.82) is 0 Å². The minimum Gasteiger partial charge on any atom is -0.372 e. The van der Waals surface area contributed by atoms with Crippen molar-refractivity contribution in [3.63, 3.8) is 0 Å². The van der Waals surface area contributed by atoms with Crippen molar-refractivity contribution in [2.24, 2.45) is 0 Å². The van der Waals surface area contributed by atoms with E-state index in [-0.39, 0.29) is 18.1 Å². The molecule has 3 nitrogen and oxygen atoms in total. The van der Waals surface area contributed by atoms with Gasteiger partial charge in [-0.1, -0.05) is 17.7 Å². The predicted molar refractivity (Wildman–Crippen MR) is 71.8 cm³/mol. The minimum absolute atomic E-state index is 0.114. The quantitative estimate of drug-likeness (QED) is 0.763. The molecule has 2 unspecified atom stereocenters. The van der Waals surface area contributed by atoms with Gasteiger partial charge in [0, 0.05) is 18.7 Å². The SMILES string of the molecule is Cc1ccc(C(=O)N2CC(C)OC(C)C2)c(C)c1. The monoisotopic (exact) mass is 247 g/mol. The molecule has 18 heavy (non-hydrogen) atoms. The zero-order valence-electron chi connectivity index (χ0n) is 11.6. The molecule has 0 aliphatic carbocycles. The third-order valence-electron chi connectivity index (χ3n) is 3.32. The largest absolute Gasteiger partial charge is 0.372 e. The average molecular weight is 247 g/mol. The van der Waals surface area contributed by atoms with Crippen LogP contribution in [0, 0.1) is 13.8 Å². The van der Waals surface area contributed by atoms with Crippen LogP contribution < -0.4 is 0 Å². The molecule has 0 spiro atoms. The molecular weight excluding hydrogens is 226 g/mol. The van der Waals surface area contributed by atoms with Gasteiger partial charge >= 0.3 is 0 Å². The van der Waals surface area contributed by atoms with Crippen molar-refractivity contribution in [3.8, 4) is 0 Å². The topological polar surface area (TPSA) is 29.5 Å². The highest BCUT2D eigenvalue weighted by molar-refractivity contribution is 5.95. The van der Waals surface area contributed by atoms with Crippen molar-refractivity contribution < 1.29 is 9.53 Å². The first-order valence-corrected chi connectivity index (χ1v) is 6.49. The lowest BCUT2D eigenvalue weighted by atomic mass is 10.0. The van der Waals surface area contributed by atoms with Gasteiger partial charge in [-0.15, -0.1) is 0 Å². The van der Waals surface area contributed by atoms with Gasteiger partial charge in [0.25, 0.3) is 5.91 Å². The lowest BCUT2D eigenvalue weighted by Crippen LogP contribution is -2.48. The first-order valence-electron chi connectivity index (χ1n) is 6.49. The minimum atomic E-state index is 0.114. The number of carbonyl (C=O) groups is 1. The Bertz CT molecular complexity index is 446. The molecule has 1 fully saturated rings. The molecule has 2 rings (SSSR count). The highest BCUT2D eigenvalue weighted by Crippen LogP contribution is 2.17. The maximum atomic E-state index is 12.5. The second kappa shape index (κ2) is 5.11. The van der Waals surface area contributed by atoms with Gasteiger partial charge in [-0.05, 0) is 39.3 Å². The second-order valence-corrected chi connectivity index (χ2v) is 5.29. The van der Waals surface area contributed by atoms with Gasteiger partial charge in [-0.2, -0.15) is 0 Å². The van der Waals surface area contributed by atoms with E-state index in [0.717, 1.165) is 11.1 Å². The van der Waals surface area contributed by atoms with E-state index in [0.29, 0.717) is 13.1 Å². The van der Waals surface area contributed by atoms with Crippen LogP contribution in [0.25, 0.3) is 0 Å². The third-order valence-corrected chi connectivity index (χ3v) is 3.32. The fraction of sp³-hybridized carbons (Fsp3) is 0.533. The molecule has 0 radical (unpaired) electrons. The fourth-order valence-electron chi connectivity index (χ4n) is 2.57. The standard InChI is InChI=1S/C15H21NO2/c1-10-5-6-14(11(2)7-10)15(17)16-8-12(3)18-13(4)9-16/h5-7,12-13H,8-9H2,1-4H3. The van der Waals surface area contributed by atoms with E-state index in [1.165, 1.54) is 5.56 Å². The molecule has 1 aromatic carbocycles. The normalized spacial score (nSPS) is 24.1. The van der Waals surface area contributed by atoms with Crippen molar-refractivity contribution >= 4 is 5.91 Å². The van der Waals surface area contributed by atoms with Crippen LogP contribution in [0.2, 0.25) is 0 Å². The van der Waals surface area contributed by atoms with Gasteiger partial charge < -0.3 is 9.64 Å². The Balaban J connectivity index is 2.20. The zero-order chi connectivity index (χ0) is 13.3. The lowest BCUT2D eigenvalue weighted by Gasteiger charge is -2.35. The molecule has 1 aliphatic heterocycles. The number of carbonyl (C=O) groups excluding carboxylic acids is 1. The maximum absolute atomic E-state index is 12.5. The molecule has 3 heteroatoms. The summed E-state index contributed by atoms with van der Waals surface area (Å²) in [5.74, 6) is 0.120. The summed E-state index contributed by atoms with van der Waals surface area (Å²) in [6.45, 7) is 9.41. The highest BCUT2D eigenvalue weighted by atomic mass is 16.5. The predicted octanol–water partition coefficient (Wildman–Crippen LogP) is 2.55. The number of rotatable bonds is 1. The van der Waals surface area contributed by atoms with Crippen molar-refractivity contribution in [2.45, 2.75) is 39.9 Å². The van der Waals surface area contributed by atoms with E-state index < -0.39 is 0 Å². The molecule has 1 aromatic rings. The van der Waals surface area contributed by atoms with Crippen LogP contribution in [-0.2, 0) is 4.74 Å². The van der Waals surface area contributed by atoms with Gasteiger partial charge in [0.15, 0.2) is 0 Å². The Labute approximate surface area is 109 Å². The van der Waals surface area contributed by atoms with E-state index in [1.54, 1.807) is 0 Å². The molecule has 0 bridgehead atoms. The number of aryl methyl sites for hydroxylation is 2. The van der Waals surface area contributed by atoms with Gasteiger partial charge in [0.2, 0.25) is 0 Å². The van der Waals surface area contributed by atoms with Crippen molar-refractivity contribution in [1.82, 2.24) is 4.90 Å². The molecule has 2 atom stereocenters. The van der Waals surface area contributed by atoms with E-state index in [9.17, 15) is 4.79 Å². The number of hydrogen-bond acceptors (Lipinski definition) is 2. The van der Waals surface area contributed by atoms with Gasteiger partial charge in [0.05, 0.1) is 12.2 Å². The maximum Gasteiger partial charge on any atom is 0.254 e. The molecular formula is C15H21NO2. The summed E-state index contributed by atoms with van der Waals surface area (Å²) in [6, 6.07) is 5.98. The van der Waals surface area contributed by atoms with Crippen LogP contribution >= 0.6 is 0 Å². The molecule has 1 saturated heterocycles. The van der Waals surface area contributed by atoms with Crippen LogP contribution in [0.3, 0.4) is 0 Å². The summed E-state index contributed by atoms with van der Waals surface area (Å²) in [6.07, 6.45) is 0.229. The molecule has 98 valence electrons. The van der Waals surface area contributed by atoms with Crippen LogP contribution in [0.4, 0.5) is 0 Å². The number of benzene rings is 1. The van der Waals surface area contributed by atoms with Gasteiger partial charge in [-0.25, -0.2) is 0 Å². The van der Waals surface area contributed by atoms with E-state index in [1.807, 2.05) is 44.7 Å². The lowest BCUT2D eigenvalue weighted by molar-refractivity contribution is -0.0586. The number of nitrogens with zero attached hydrogens (tertiary/aromatic N) is 1. The molecule has 0 saturated carbocycles. The molecule has 0 N–H and O–H groups in total. The summed E-state index contributed by atoms with van der Waals surface area (Å²) in [7, 11) is 0. The van der Waals surface area contributed by atoms with Crippen molar-refractivity contribution in [3.05, 3.63) is 34.9 Å². The molecule has 1 aliphatic rings. The van der Waals surface area contributed by atoms with E-state index in [2.05, 4.69) is 6.07 Å². The Morgan fingerprint density at radius 2 is 1.83 bits per heavy atom. The summed E-state index contributed by atoms with van der Waals surface area (Å²) in [5.41, 5.74) is 3.04. The van der Waals surface area contributed by atoms with E-state index in [4.69, 9.17) is 4.74 Å². The summed E-state index contributed by atoms with van der Waals surface area (Å²) < 4.78 is 5.66. The molecule has 1 heterocycles. The van der Waals surface area contributed by atoms with Crippen LogP contribution in [0.15, 0.2) is 18.2 Å². The Kier molecular flexibility index (Phi) is 3.71. The Morgan fingerprint density at radius 3 is 2.39 bits per heavy atom. The average Bonchev–Trinajstić information content (AvgIpc) is 2.26. The van der Waals surface area contributed by atoms with Crippen LogP contribution in [0.5, 0.6) is 0 Å². The highest BCUT2D eigenvalue weighted by Gasteiger charge is 2.27. The Morgan fingerprint density at radius 1 is 1.22 bits per heavy atom. The molecule has 1 amide bonds. The van der Waals surface area contributed by atoms with Gasteiger partial charge in [-0.3, -0.25) is 4.79 Å².